The fourth-order valence-electron chi connectivity index (χ4n) is 1.57. The molecule has 6 heteroatoms. The molecule has 0 bridgehead atoms. The molecule has 0 saturated heterocycles. The Morgan fingerprint density at radius 3 is 2.70 bits per heavy atom. The molecule has 2 amide bonds. The third-order valence-corrected chi connectivity index (χ3v) is 3.38. The van der Waals surface area contributed by atoms with Crippen LogP contribution in [0.4, 0.5) is 14.9 Å². The maximum atomic E-state index is 13.4. The molecular formula is C14H11BrClFN2O. The quantitative estimate of drug-likeness (QED) is 0.830. The highest BCUT2D eigenvalue weighted by Gasteiger charge is 2.07. The Labute approximate surface area is 129 Å². The smallest absolute Gasteiger partial charge is 0.319 e. The molecule has 0 saturated carbocycles. The Balaban J connectivity index is 1.94. The van der Waals surface area contributed by atoms with Gasteiger partial charge in [-0.1, -0.05) is 45.7 Å². The second-order valence-electron chi connectivity index (χ2n) is 4.02. The van der Waals surface area contributed by atoms with E-state index < -0.39 is 6.03 Å². The number of amides is 2. The fraction of sp³-hybridized carbons (Fsp3) is 0.0714. The molecule has 0 unspecified atom stereocenters. The van der Waals surface area contributed by atoms with E-state index in [-0.39, 0.29) is 12.4 Å². The standard InChI is InChI=1S/C14H11BrClFN2O/c15-10-5-6-13(11(16)7-10)19-14(20)18-8-9-3-1-2-4-12(9)17/h1-7H,8H2,(H2,18,19,20). The third kappa shape index (κ3) is 3.95. The van der Waals surface area contributed by atoms with E-state index in [0.717, 1.165) is 4.47 Å². The van der Waals surface area contributed by atoms with Gasteiger partial charge in [-0.25, -0.2) is 9.18 Å². The first-order chi connectivity index (χ1) is 9.56. The molecule has 20 heavy (non-hydrogen) atoms. The number of urea groups is 1. The van der Waals surface area contributed by atoms with Crippen molar-refractivity contribution < 1.29 is 9.18 Å². The van der Waals surface area contributed by atoms with Crippen molar-refractivity contribution in [3.63, 3.8) is 0 Å². The van der Waals surface area contributed by atoms with Crippen LogP contribution >= 0.6 is 27.5 Å². The van der Waals surface area contributed by atoms with Gasteiger partial charge in [0, 0.05) is 16.6 Å². The molecule has 0 heterocycles. The molecule has 2 N–H and O–H groups in total. The van der Waals surface area contributed by atoms with Crippen LogP contribution in [0.25, 0.3) is 0 Å². The Morgan fingerprint density at radius 2 is 2.00 bits per heavy atom. The van der Waals surface area contributed by atoms with Gasteiger partial charge in [0.25, 0.3) is 0 Å². The van der Waals surface area contributed by atoms with E-state index in [9.17, 15) is 9.18 Å². The lowest BCUT2D eigenvalue weighted by Gasteiger charge is -2.09. The predicted molar refractivity (Wildman–Crippen MR) is 81.4 cm³/mol. The van der Waals surface area contributed by atoms with Crippen molar-refractivity contribution in [3.8, 4) is 0 Å². The van der Waals surface area contributed by atoms with Gasteiger partial charge in [-0.15, -0.1) is 0 Å². The third-order valence-electron chi connectivity index (χ3n) is 2.58. The van der Waals surface area contributed by atoms with Crippen LogP contribution in [0.3, 0.4) is 0 Å². The number of rotatable bonds is 3. The van der Waals surface area contributed by atoms with Gasteiger partial charge in [0.15, 0.2) is 0 Å². The van der Waals surface area contributed by atoms with Gasteiger partial charge in [-0.3, -0.25) is 0 Å². The van der Waals surface area contributed by atoms with Gasteiger partial charge in [-0.05, 0) is 24.3 Å². The van der Waals surface area contributed by atoms with Crippen molar-refractivity contribution >= 4 is 39.2 Å². The molecule has 2 aromatic rings. The number of halogens is 3. The van der Waals surface area contributed by atoms with Gasteiger partial charge in [0.05, 0.1) is 10.7 Å². The molecule has 0 fully saturated rings. The van der Waals surface area contributed by atoms with E-state index in [1.807, 2.05) is 0 Å². The largest absolute Gasteiger partial charge is 0.334 e. The Morgan fingerprint density at radius 1 is 1.25 bits per heavy atom. The van der Waals surface area contributed by atoms with E-state index in [1.165, 1.54) is 6.07 Å². The number of nitrogens with one attached hydrogen (secondary N) is 2. The van der Waals surface area contributed by atoms with Gasteiger partial charge in [0.2, 0.25) is 0 Å². The minimum atomic E-state index is -0.447. The fourth-order valence-corrected chi connectivity index (χ4v) is 2.30. The number of carbonyl (C=O) groups is 1. The predicted octanol–water partition coefficient (Wildman–Crippen LogP) is 4.56. The van der Waals surface area contributed by atoms with Crippen LogP contribution in [0.1, 0.15) is 5.56 Å². The van der Waals surface area contributed by atoms with Crippen molar-refractivity contribution in [2.24, 2.45) is 0 Å². The minimum Gasteiger partial charge on any atom is -0.334 e. The molecule has 2 aromatic carbocycles. The van der Waals surface area contributed by atoms with Crippen molar-refractivity contribution in [3.05, 3.63) is 63.3 Å². The average molecular weight is 358 g/mol. The molecular weight excluding hydrogens is 347 g/mol. The summed E-state index contributed by atoms with van der Waals surface area (Å²) in [5, 5.41) is 5.59. The lowest BCUT2D eigenvalue weighted by molar-refractivity contribution is 0.251. The Kier molecular flexibility index (Phi) is 4.98. The Bertz CT molecular complexity index is 636. The van der Waals surface area contributed by atoms with Crippen LogP contribution in [-0.2, 0) is 6.54 Å². The highest BCUT2D eigenvalue weighted by Crippen LogP contribution is 2.25. The van der Waals surface area contributed by atoms with Crippen molar-refractivity contribution in [2.45, 2.75) is 6.54 Å². The summed E-state index contributed by atoms with van der Waals surface area (Å²) in [6, 6.07) is 10.9. The number of hydrogen-bond acceptors (Lipinski definition) is 1. The molecule has 0 aliphatic rings. The highest BCUT2D eigenvalue weighted by atomic mass is 79.9. The van der Waals surface area contributed by atoms with Gasteiger partial charge >= 0.3 is 6.03 Å². The van der Waals surface area contributed by atoms with E-state index in [0.29, 0.717) is 16.3 Å². The van der Waals surface area contributed by atoms with Crippen LogP contribution in [0.15, 0.2) is 46.9 Å². The summed E-state index contributed by atoms with van der Waals surface area (Å²) in [6.07, 6.45) is 0. The highest BCUT2D eigenvalue weighted by molar-refractivity contribution is 9.10. The van der Waals surface area contributed by atoms with E-state index in [1.54, 1.807) is 36.4 Å². The summed E-state index contributed by atoms with van der Waals surface area (Å²) in [4.78, 5) is 11.7. The van der Waals surface area contributed by atoms with Crippen molar-refractivity contribution in [1.82, 2.24) is 5.32 Å². The van der Waals surface area contributed by atoms with Gasteiger partial charge < -0.3 is 10.6 Å². The first-order valence-electron chi connectivity index (χ1n) is 5.79. The zero-order chi connectivity index (χ0) is 14.5. The van der Waals surface area contributed by atoms with Gasteiger partial charge in [-0.2, -0.15) is 0 Å². The van der Waals surface area contributed by atoms with Crippen LogP contribution in [0.2, 0.25) is 5.02 Å². The first-order valence-corrected chi connectivity index (χ1v) is 6.96. The number of carbonyl (C=O) groups excluding carboxylic acids is 1. The number of anilines is 1. The molecule has 0 spiro atoms. The van der Waals surface area contributed by atoms with Crippen molar-refractivity contribution in [1.29, 1.82) is 0 Å². The lowest BCUT2D eigenvalue weighted by Crippen LogP contribution is -2.28. The van der Waals surface area contributed by atoms with Crippen LogP contribution in [0.5, 0.6) is 0 Å². The average Bonchev–Trinajstić information content (AvgIpc) is 2.41. The summed E-state index contributed by atoms with van der Waals surface area (Å²) in [6.45, 7) is 0.104. The molecule has 2 rings (SSSR count). The maximum absolute atomic E-state index is 13.4. The number of benzene rings is 2. The number of hydrogen-bond donors (Lipinski definition) is 2. The zero-order valence-corrected chi connectivity index (χ0v) is 12.6. The van der Waals surface area contributed by atoms with E-state index in [2.05, 4.69) is 26.6 Å². The molecule has 0 aromatic heterocycles. The normalized spacial score (nSPS) is 10.2. The zero-order valence-electron chi connectivity index (χ0n) is 10.3. The van der Waals surface area contributed by atoms with Crippen LogP contribution in [-0.4, -0.2) is 6.03 Å². The SMILES string of the molecule is O=C(NCc1ccccc1F)Nc1ccc(Br)cc1Cl. The van der Waals surface area contributed by atoms with Crippen LogP contribution < -0.4 is 10.6 Å². The summed E-state index contributed by atoms with van der Waals surface area (Å²) in [5.41, 5.74) is 0.908. The molecule has 0 aliphatic carbocycles. The van der Waals surface area contributed by atoms with Crippen molar-refractivity contribution in [2.75, 3.05) is 5.32 Å². The molecule has 0 radical (unpaired) electrons. The topological polar surface area (TPSA) is 41.1 Å². The monoisotopic (exact) mass is 356 g/mol. The van der Waals surface area contributed by atoms with E-state index >= 15 is 0 Å². The molecule has 0 atom stereocenters. The lowest BCUT2D eigenvalue weighted by atomic mass is 10.2. The van der Waals surface area contributed by atoms with E-state index in [4.69, 9.17) is 11.6 Å². The maximum Gasteiger partial charge on any atom is 0.319 e. The summed E-state index contributed by atoms with van der Waals surface area (Å²) >= 11 is 9.26. The second kappa shape index (κ2) is 6.72. The Hall–Kier alpha value is -1.59. The molecule has 0 aliphatic heterocycles. The van der Waals surface area contributed by atoms with Gasteiger partial charge in [0.1, 0.15) is 5.82 Å². The summed E-state index contributed by atoms with van der Waals surface area (Å²) in [5.74, 6) is -0.352. The summed E-state index contributed by atoms with van der Waals surface area (Å²) < 4.78 is 14.2. The summed E-state index contributed by atoms with van der Waals surface area (Å²) in [7, 11) is 0. The van der Waals surface area contributed by atoms with Crippen LogP contribution in [0, 0.1) is 5.82 Å². The molecule has 3 nitrogen and oxygen atoms in total. The minimum absolute atomic E-state index is 0.104. The first kappa shape index (κ1) is 14.8. The molecule has 104 valence electrons. The second-order valence-corrected chi connectivity index (χ2v) is 5.35.